The van der Waals surface area contributed by atoms with Gasteiger partial charge in [0.25, 0.3) is 0 Å². The van der Waals surface area contributed by atoms with E-state index in [-0.39, 0.29) is 30.2 Å². The quantitative estimate of drug-likeness (QED) is 0.386. The number of hydrogen-bond donors (Lipinski definition) is 0. The molecular formula is C17H17F5O4S. The first-order valence-electron chi connectivity index (χ1n) is 7.74. The van der Waals surface area contributed by atoms with Crippen LogP contribution in [0.4, 0.5) is 19.4 Å². The zero-order chi connectivity index (χ0) is 20.4. The van der Waals surface area contributed by atoms with Gasteiger partial charge in [-0.05, 0) is 62.4 Å². The predicted molar refractivity (Wildman–Crippen MR) is 91.1 cm³/mol. The minimum atomic E-state index is -9.70. The Bertz CT molecular complexity index is 805. The third kappa shape index (κ3) is 6.02. The van der Waals surface area contributed by atoms with Crippen molar-refractivity contribution in [3.05, 3.63) is 48.5 Å². The van der Waals surface area contributed by atoms with E-state index in [2.05, 4.69) is 0 Å². The van der Waals surface area contributed by atoms with Crippen LogP contribution in [0.3, 0.4) is 0 Å². The van der Waals surface area contributed by atoms with Gasteiger partial charge in [0.2, 0.25) is 0 Å². The van der Waals surface area contributed by atoms with Crippen LogP contribution in [0, 0.1) is 0 Å². The maximum absolute atomic E-state index is 12.7. The smallest absolute Gasteiger partial charge is 0.347 e. The van der Waals surface area contributed by atoms with Gasteiger partial charge in [-0.2, -0.15) is 0 Å². The van der Waals surface area contributed by atoms with Gasteiger partial charge >= 0.3 is 16.2 Å². The number of carbonyl (C=O) groups is 1. The second-order valence-electron chi connectivity index (χ2n) is 5.53. The van der Waals surface area contributed by atoms with Gasteiger partial charge < -0.3 is 14.2 Å². The van der Waals surface area contributed by atoms with Crippen molar-refractivity contribution in [3.63, 3.8) is 0 Å². The van der Waals surface area contributed by atoms with Gasteiger partial charge in [-0.3, -0.25) is 0 Å². The van der Waals surface area contributed by atoms with Crippen LogP contribution >= 0.6 is 10.2 Å². The molecule has 0 aliphatic heterocycles. The van der Waals surface area contributed by atoms with Crippen molar-refractivity contribution in [1.29, 1.82) is 0 Å². The lowest BCUT2D eigenvalue weighted by molar-refractivity contribution is -0.150. The lowest BCUT2D eigenvalue weighted by Crippen LogP contribution is -2.25. The van der Waals surface area contributed by atoms with Crippen LogP contribution in [-0.4, -0.2) is 18.7 Å². The fourth-order valence-corrected chi connectivity index (χ4v) is 2.65. The number of esters is 1. The molecule has 1 unspecified atom stereocenters. The van der Waals surface area contributed by atoms with Crippen LogP contribution in [0.15, 0.2) is 53.4 Å². The molecule has 0 radical (unpaired) electrons. The molecule has 1 atom stereocenters. The van der Waals surface area contributed by atoms with Crippen molar-refractivity contribution in [2.75, 3.05) is 6.61 Å². The number of halogens is 5. The van der Waals surface area contributed by atoms with Gasteiger partial charge in [0, 0.05) is 0 Å². The highest BCUT2D eigenvalue weighted by Gasteiger charge is 2.65. The number of hydrogen-bond acceptors (Lipinski definition) is 4. The van der Waals surface area contributed by atoms with Crippen molar-refractivity contribution in [1.82, 2.24) is 0 Å². The Hall–Kier alpha value is -2.49. The van der Waals surface area contributed by atoms with E-state index in [0.717, 1.165) is 12.1 Å². The summed E-state index contributed by atoms with van der Waals surface area (Å²) in [7, 11) is -9.70. The van der Waals surface area contributed by atoms with Gasteiger partial charge in [-0.15, -0.1) is 0 Å². The molecule has 4 nitrogen and oxygen atoms in total. The van der Waals surface area contributed by atoms with Crippen molar-refractivity contribution < 1.29 is 38.4 Å². The number of rotatable bonds is 7. The van der Waals surface area contributed by atoms with Crippen LogP contribution in [-0.2, 0) is 9.53 Å². The second-order valence-corrected chi connectivity index (χ2v) is 7.94. The van der Waals surface area contributed by atoms with Crippen molar-refractivity contribution >= 4 is 16.2 Å². The lowest BCUT2D eigenvalue weighted by atomic mass is 10.3. The highest BCUT2D eigenvalue weighted by molar-refractivity contribution is 8.45. The standard InChI is InChI=1S/C17H17F5O4S/c1-3-24-17(23)12(2)25-13-4-6-14(7-5-13)26-15-8-10-16(11-9-15)27(18,19,20,21)22/h4-12H,3H2,1-2H3. The van der Waals surface area contributed by atoms with E-state index >= 15 is 0 Å². The summed E-state index contributed by atoms with van der Waals surface area (Å²) in [4.78, 5) is 9.51. The largest absolute Gasteiger partial charge is 0.479 e. The summed E-state index contributed by atoms with van der Waals surface area (Å²) in [6, 6.07) is 8.02. The maximum atomic E-state index is 12.7. The first-order valence-corrected chi connectivity index (χ1v) is 9.69. The number of carbonyl (C=O) groups excluding carboxylic acids is 1. The molecule has 0 bridgehead atoms. The van der Waals surface area contributed by atoms with E-state index in [9.17, 15) is 24.2 Å². The van der Waals surface area contributed by atoms with Crippen LogP contribution in [0.25, 0.3) is 0 Å². The highest BCUT2D eigenvalue weighted by Crippen LogP contribution is 3.02. The molecule has 2 aromatic carbocycles. The summed E-state index contributed by atoms with van der Waals surface area (Å²) >= 11 is 0. The Morgan fingerprint density at radius 1 is 0.889 bits per heavy atom. The van der Waals surface area contributed by atoms with E-state index in [1.54, 1.807) is 6.92 Å². The Balaban J connectivity index is 2.04. The molecule has 0 aliphatic carbocycles. The van der Waals surface area contributed by atoms with Crippen LogP contribution in [0.2, 0.25) is 0 Å². The highest BCUT2D eigenvalue weighted by atomic mass is 32.5. The van der Waals surface area contributed by atoms with Gasteiger partial charge in [0.1, 0.15) is 22.1 Å². The fraction of sp³-hybridized carbons (Fsp3) is 0.235. The first-order chi connectivity index (χ1) is 12.3. The lowest BCUT2D eigenvalue weighted by Gasteiger charge is -2.40. The number of benzene rings is 2. The van der Waals surface area contributed by atoms with Gasteiger partial charge in [0.05, 0.1) is 6.61 Å². The van der Waals surface area contributed by atoms with E-state index in [4.69, 9.17) is 14.2 Å². The molecule has 2 rings (SSSR count). The van der Waals surface area contributed by atoms with E-state index < -0.39 is 27.2 Å². The Morgan fingerprint density at radius 2 is 1.33 bits per heavy atom. The third-order valence-electron chi connectivity index (χ3n) is 3.26. The van der Waals surface area contributed by atoms with E-state index in [1.165, 1.54) is 31.2 Å². The van der Waals surface area contributed by atoms with Gasteiger partial charge in [0.15, 0.2) is 6.10 Å². The zero-order valence-corrected chi connectivity index (χ0v) is 15.2. The summed E-state index contributed by atoms with van der Waals surface area (Å²) in [5, 5.41) is 0. The second kappa shape index (κ2) is 6.59. The maximum Gasteiger partial charge on any atom is 0.347 e. The molecule has 0 fully saturated rings. The molecule has 0 saturated heterocycles. The molecule has 0 saturated carbocycles. The summed E-state index contributed by atoms with van der Waals surface area (Å²) in [6.07, 6.45) is -0.823. The van der Waals surface area contributed by atoms with Crippen molar-refractivity contribution in [2.24, 2.45) is 0 Å². The first kappa shape index (κ1) is 20.8. The van der Waals surface area contributed by atoms with Crippen molar-refractivity contribution in [3.8, 4) is 17.2 Å². The topological polar surface area (TPSA) is 44.8 Å². The monoisotopic (exact) mass is 412 g/mol. The van der Waals surface area contributed by atoms with Gasteiger partial charge in [-0.25, -0.2) is 4.79 Å². The SMILES string of the molecule is CCOC(=O)C(C)Oc1ccc(Oc2ccc(S(F)(F)(F)(F)F)cc2)cc1. The molecule has 27 heavy (non-hydrogen) atoms. The Labute approximate surface area is 152 Å². The summed E-state index contributed by atoms with van der Waals surface area (Å²) in [6.45, 7) is 3.41. The molecule has 0 amide bonds. The molecule has 10 heteroatoms. The minimum Gasteiger partial charge on any atom is -0.479 e. The van der Waals surface area contributed by atoms with E-state index in [1.807, 2.05) is 0 Å². The summed E-state index contributed by atoms with van der Waals surface area (Å²) in [5.41, 5.74) is 0. The third-order valence-corrected chi connectivity index (χ3v) is 4.42. The molecular weight excluding hydrogens is 395 g/mol. The van der Waals surface area contributed by atoms with Crippen LogP contribution in [0.1, 0.15) is 13.8 Å². The Morgan fingerprint density at radius 3 is 1.78 bits per heavy atom. The molecule has 0 N–H and O–H groups in total. The summed E-state index contributed by atoms with van der Waals surface area (Å²) in [5.74, 6) is 0.0152. The molecule has 2 aromatic rings. The fourth-order valence-electron chi connectivity index (χ4n) is 2.00. The molecule has 0 spiro atoms. The zero-order valence-electron chi connectivity index (χ0n) is 14.3. The van der Waals surface area contributed by atoms with Crippen LogP contribution < -0.4 is 9.47 Å². The molecule has 0 aromatic heterocycles. The van der Waals surface area contributed by atoms with Crippen LogP contribution in [0.5, 0.6) is 17.2 Å². The summed E-state index contributed by atoms with van der Waals surface area (Å²) < 4.78 is 78.9. The molecule has 0 heterocycles. The van der Waals surface area contributed by atoms with Crippen molar-refractivity contribution in [2.45, 2.75) is 24.8 Å². The van der Waals surface area contributed by atoms with E-state index in [0.29, 0.717) is 5.75 Å². The Kier molecular flexibility index (Phi) is 5.08. The molecule has 0 aliphatic rings. The minimum absolute atomic E-state index is 0.0471. The molecule has 150 valence electrons. The average Bonchev–Trinajstić information content (AvgIpc) is 2.55. The van der Waals surface area contributed by atoms with Gasteiger partial charge in [-0.1, -0.05) is 19.4 Å². The number of ether oxygens (including phenoxy) is 3. The average molecular weight is 412 g/mol. The normalized spacial score (nSPS) is 15.2. The predicted octanol–water partition coefficient (Wildman–Crippen LogP) is 6.47.